The molecule has 1 aromatic heterocycles. The third-order valence-electron chi connectivity index (χ3n) is 6.04. The van der Waals surface area contributed by atoms with Crippen molar-refractivity contribution in [3.8, 4) is 0 Å². The molecule has 0 aliphatic carbocycles. The lowest BCUT2D eigenvalue weighted by Gasteiger charge is -2.32. The van der Waals surface area contributed by atoms with Gasteiger partial charge in [-0.05, 0) is 50.1 Å². The van der Waals surface area contributed by atoms with Crippen molar-refractivity contribution in [1.82, 2.24) is 15.2 Å². The average Bonchev–Trinajstić information content (AvgIpc) is 2.83. The number of amides is 2. The number of hydrogen-bond acceptors (Lipinski definition) is 3. The lowest BCUT2D eigenvalue weighted by Crippen LogP contribution is -2.39. The molecular weight excluding hydrogens is 443 g/mol. The Balaban J connectivity index is 1.45. The lowest BCUT2D eigenvalue weighted by atomic mass is 9.89. The van der Waals surface area contributed by atoms with Crippen molar-refractivity contribution in [1.29, 1.82) is 0 Å². The number of piperidine rings is 1. The highest BCUT2D eigenvalue weighted by atomic mass is 19.1. The molecule has 1 fully saturated rings. The molecule has 0 radical (unpaired) electrons. The normalized spacial score (nSPS) is 14.2. The Labute approximate surface area is 195 Å². The van der Waals surface area contributed by atoms with E-state index in [0.717, 1.165) is 17.8 Å². The van der Waals surface area contributed by atoms with Crippen molar-refractivity contribution in [2.24, 2.45) is 0 Å². The minimum atomic E-state index is -0.888. The molecule has 2 heterocycles. The SMILES string of the molecule is Cc1ccc(C(=O)NCc2ccccc2F)c(C2CCN(C(=O)c3ccc(F)cc3F)CC2)n1. The summed E-state index contributed by atoms with van der Waals surface area (Å²) in [5.74, 6) is -2.93. The molecule has 2 amide bonds. The largest absolute Gasteiger partial charge is 0.348 e. The Morgan fingerprint density at radius 2 is 1.68 bits per heavy atom. The average molecular weight is 467 g/mol. The maximum atomic E-state index is 14.0. The van der Waals surface area contributed by atoms with E-state index in [0.29, 0.717) is 48.8 Å². The Bertz CT molecular complexity index is 1220. The highest BCUT2D eigenvalue weighted by Gasteiger charge is 2.29. The summed E-state index contributed by atoms with van der Waals surface area (Å²) in [5, 5.41) is 2.76. The maximum absolute atomic E-state index is 14.0. The fourth-order valence-corrected chi connectivity index (χ4v) is 4.18. The van der Waals surface area contributed by atoms with Crippen LogP contribution in [-0.2, 0) is 6.54 Å². The van der Waals surface area contributed by atoms with Gasteiger partial charge in [-0.25, -0.2) is 13.2 Å². The van der Waals surface area contributed by atoms with E-state index < -0.39 is 17.5 Å². The van der Waals surface area contributed by atoms with E-state index >= 15 is 0 Å². The molecule has 3 aromatic rings. The molecule has 0 saturated carbocycles. The fraction of sp³-hybridized carbons (Fsp3) is 0.269. The number of benzene rings is 2. The standard InChI is InChI=1S/C26H24F3N3O2/c1-16-6-8-21(25(33)30-15-18-4-2-3-5-22(18)28)24(31-16)17-10-12-32(13-11-17)26(34)20-9-7-19(27)14-23(20)29/h2-9,14,17H,10-13,15H2,1H3,(H,30,33). The second-order valence-electron chi connectivity index (χ2n) is 8.35. The molecule has 4 rings (SSSR count). The van der Waals surface area contributed by atoms with Crippen LogP contribution < -0.4 is 5.32 Å². The molecule has 5 nitrogen and oxygen atoms in total. The van der Waals surface area contributed by atoms with Crippen molar-refractivity contribution < 1.29 is 22.8 Å². The van der Waals surface area contributed by atoms with Crippen LogP contribution in [0.15, 0.2) is 54.6 Å². The van der Waals surface area contributed by atoms with Gasteiger partial charge in [0.15, 0.2) is 0 Å². The number of nitrogens with zero attached hydrogens (tertiary/aromatic N) is 2. The predicted molar refractivity (Wildman–Crippen MR) is 121 cm³/mol. The summed E-state index contributed by atoms with van der Waals surface area (Å²) < 4.78 is 41.1. The van der Waals surface area contributed by atoms with Crippen molar-refractivity contribution >= 4 is 11.8 Å². The zero-order chi connectivity index (χ0) is 24.2. The minimum Gasteiger partial charge on any atom is -0.348 e. The summed E-state index contributed by atoms with van der Waals surface area (Å²) in [6, 6.07) is 12.6. The fourth-order valence-electron chi connectivity index (χ4n) is 4.18. The smallest absolute Gasteiger partial charge is 0.256 e. The van der Waals surface area contributed by atoms with Crippen LogP contribution in [0.3, 0.4) is 0 Å². The van der Waals surface area contributed by atoms with Crippen LogP contribution in [0.4, 0.5) is 13.2 Å². The molecule has 1 saturated heterocycles. The number of pyridine rings is 1. The van der Waals surface area contributed by atoms with Gasteiger partial charge in [0, 0.05) is 42.9 Å². The number of rotatable bonds is 5. The summed E-state index contributed by atoms with van der Waals surface area (Å²) in [5.41, 5.74) is 2.02. The van der Waals surface area contributed by atoms with E-state index in [1.165, 1.54) is 11.0 Å². The topological polar surface area (TPSA) is 62.3 Å². The third kappa shape index (κ3) is 5.11. The van der Waals surface area contributed by atoms with Gasteiger partial charge in [0.1, 0.15) is 17.5 Å². The molecule has 34 heavy (non-hydrogen) atoms. The van der Waals surface area contributed by atoms with Gasteiger partial charge in [-0.1, -0.05) is 18.2 Å². The first-order valence-electron chi connectivity index (χ1n) is 11.1. The number of halogens is 3. The van der Waals surface area contributed by atoms with Crippen LogP contribution in [0.2, 0.25) is 0 Å². The van der Waals surface area contributed by atoms with E-state index in [-0.39, 0.29) is 29.8 Å². The zero-order valence-electron chi connectivity index (χ0n) is 18.7. The Morgan fingerprint density at radius 1 is 0.971 bits per heavy atom. The first-order valence-corrected chi connectivity index (χ1v) is 11.1. The minimum absolute atomic E-state index is 0.0506. The second-order valence-corrected chi connectivity index (χ2v) is 8.35. The summed E-state index contributed by atoms with van der Waals surface area (Å²) in [6.07, 6.45) is 1.08. The summed E-state index contributed by atoms with van der Waals surface area (Å²) in [4.78, 5) is 31.8. The van der Waals surface area contributed by atoms with Gasteiger partial charge in [0.05, 0.1) is 16.8 Å². The predicted octanol–water partition coefficient (Wildman–Crippen LogP) is 4.76. The van der Waals surface area contributed by atoms with Gasteiger partial charge >= 0.3 is 0 Å². The maximum Gasteiger partial charge on any atom is 0.256 e. The number of aryl methyl sites for hydroxylation is 1. The number of hydrogen-bond donors (Lipinski definition) is 1. The van der Waals surface area contributed by atoms with Gasteiger partial charge in [0.2, 0.25) is 0 Å². The molecule has 1 aliphatic heterocycles. The van der Waals surface area contributed by atoms with Crippen molar-refractivity contribution in [3.05, 3.63) is 100 Å². The molecule has 1 N–H and O–H groups in total. The first-order chi connectivity index (χ1) is 16.3. The van der Waals surface area contributed by atoms with E-state index in [9.17, 15) is 22.8 Å². The van der Waals surface area contributed by atoms with Crippen LogP contribution in [-0.4, -0.2) is 34.8 Å². The summed E-state index contributed by atoms with van der Waals surface area (Å²) >= 11 is 0. The monoisotopic (exact) mass is 467 g/mol. The Hall–Kier alpha value is -3.68. The van der Waals surface area contributed by atoms with Crippen LogP contribution in [0.5, 0.6) is 0 Å². The van der Waals surface area contributed by atoms with Gasteiger partial charge in [-0.2, -0.15) is 0 Å². The highest BCUT2D eigenvalue weighted by molar-refractivity contribution is 5.96. The van der Waals surface area contributed by atoms with E-state index in [1.54, 1.807) is 30.3 Å². The van der Waals surface area contributed by atoms with Gasteiger partial charge in [-0.15, -0.1) is 0 Å². The van der Waals surface area contributed by atoms with Crippen LogP contribution >= 0.6 is 0 Å². The van der Waals surface area contributed by atoms with E-state index in [1.807, 2.05) is 6.92 Å². The number of nitrogens with one attached hydrogen (secondary N) is 1. The Kier molecular flexibility index (Phi) is 6.95. The van der Waals surface area contributed by atoms with E-state index in [2.05, 4.69) is 10.3 Å². The summed E-state index contributed by atoms with van der Waals surface area (Å²) in [6.45, 7) is 2.59. The molecule has 2 aromatic carbocycles. The van der Waals surface area contributed by atoms with Crippen molar-refractivity contribution in [2.45, 2.75) is 32.2 Å². The van der Waals surface area contributed by atoms with Gasteiger partial charge < -0.3 is 10.2 Å². The van der Waals surface area contributed by atoms with E-state index in [4.69, 9.17) is 0 Å². The Morgan fingerprint density at radius 3 is 2.38 bits per heavy atom. The molecule has 1 aliphatic rings. The third-order valence-corrected chi connectivity index (χ3v) is 6.04. The molecule has 176 valence electrons. The number of carbonyl (C=O) groups is 2. The molecule has 0 spiro atoms. The number of likely N-dealkylation sites (tertiary alicyclic amines) is 1. The molecule has 0 bridgehead atoms. The second kappa shape index (κ2) is 10.1. The van der Waals surface area contributed by atoms with Crippen molar-refractivity contribution in [2.75, 3.05) is 13.1 Å². The highest BCUT2D eigenvalue weighted by Crippen LogP contribution is 2.30. The number of aromatic nitrogens is 1. The van der Waals surface area contributed by atoms with Crippen LogP contribution in [0.25, 0.3) is 0 Å². The summed E-state index contributed by atoms with van der Waals surface area (Å²) in [7, 11) is 0. The molecule has 8 heteroatoms. The lowest BCUT2D eigenvalue weighted by molar-refractivity contribution is 0.0705. The van der Waals surface area contributed by atoms with Crippen LogP contribution in [0.1, 0.15) is 56.4 Å². The van der Waals surface area contributed by atoms with Crippen LogP contribution in [0, 0.1) is 24.4 Å². The number of carbonyl (C=O) groups excluding carboxylic acids is 2. The quantitative estimate of drug-likeness (QED) is 0.589. The first kappa shape index (κ1) is 23.5. The van der Waals surface area contributed by atoms with Crippen molar-refractivity contribution in [3.63, 3.8) is 0 Å². The molecule has 0 unspecified atom stereocenters. The molecule has 0 atom stereocenters. The van der Waals surface area contributed by atoms with Gasteiger partial charge in [0.25, 0.3) is 11.8 Å². The molecular formula is C26H24F3N3O2. The zero-order valence-corrected chi connectivity index (χ0v) is 18.7. The van der Waals surface area contributed by atoms with Gasteiger partial charge in [-0.3, -0.25) is 14.6 Å².